The summed E-state index contributed by atoms with van der Waals surface area (Å²) in [5.41, 5.74) is 3.80. The minimum absolute atomic E-state index is 0.792. The van der Waals surface area contributed by atoms with Gasteiger partial charge in [0, 0.05) is 0 Å². The predicted octanol–water partition coefficient (Wildman–Crippen LogP) is 9.34. The fourth-order valence-corrected chi connectivity index (χ4v) is 3.75. The zero-order valence-electron chi connectivity index (χ0n) is 19.7. The molecule has 0 aliphatic rings. The Morgan fingerprint density at radius 3 is 1.45 bits per heavy atom. The van der Waals surface area contributed by atoms with Gasteiger partial charge >= 0.3 is 0 Å². The average molecular weight is 421 g/mol. The molecule has 0 saturated carbocycles. The van der Waals surface area contributed by atoms with Gasteiger partial charge in [-0.25, -0.2) is 0 Å². The van der Waals surface area contributed by atoms with Crippen LogP contribution in [-0.4, -0.2) is 11.9 Å². The number of hydrogen-bond donors (Lipinski definition) is 0. The molecule has 0 heterocycles. The van der Waals surface area contributed by atoms with Crippen LogP contribution in [0.15, 0.2) is 24.3 Å². The lowest BCUT2D eigenvalue weighted by Gasteiger charge is -2.05. The first-order valence-corrected chi connectivity index (χ1v) is 13.6. The fourth-order valence-electron chi connectivity index (χ4n) is 3.75. The van der Waals surface area contributed by atoms with Gasteiger partial charge in [-0.3, -0.25) is 4.79 Å². The minimum atomic E-state index is 0.792. The normalized spacial score (nSPS) is 10.4. The molecule has 1 aromatic rings. The zero-order valence-corrected chi connectivity index (χ0v) is 20.5. The van der Waals surface area contributed by atoms with Crippen LogP contribution >= 0.6 is 11.8 Å². The molecule has 0 amide bonds. The molecule has 0 N–H and O–H groups in total. The van der Waals surface area contributed by atoms with Crippen LogP contribution in [0.25, 0.3) is 0 Å². The van der Waals surface area contributed by atoms with Gasteiger partial charge in [-0.1, -0.05) is 139 Å². The van der Waals surface area contributed by atoms with Crippen molar-refractivity contribution in [1.82, 2.24) is 0 Å². The Hall–Kier alpha value is -0.760. The SMILES string of the molecule is CCCCCCCCCCCCCCCCCCc1ccccc1C.CSC=O. The summed E-state index contributed by atoms with van der Waals surface area (Å²) >= 11 is 1.18. The molecule has 0 fully saturated rings. The second-order valence-corrected chi connectivity index (χ2v) is 8.98. The van der Waals surface area contributed by atoms with Gasteiger partial charge in [-0.05, 0) is 37.1 Å². The molecule has 0 aliphatic heterocycles. The van der Waals surface area contributed by atoms with Gasteiger partial charge in [-0.2, -0.15) is 0 Å². The molecule has 29 heavy (non-hydrogen) atoms. The summed E-state index contributed by atoms with van der Waals surface area (Å²) in [5.74, 6) is 0. The quantitative estimate of drug-likeness (QED) is 0.174. The van der Waals surface area contributed by atoms with E-state index in [1.165, 1.54) is 126 Å². The Morgan fingerprint density at radius 2 is 1.07 bits per heavy atom. The monoisotopic (exact) mass is 420 g/mol. The largest absolute Gasteiger partial charge is 0.291 e. The Labute approximate surface area is 186 Å². The van der Waals surface area contributed by atoms with E-state index in [0.29, 0.717) is 0 Å². The number of thioether (sulfide) groups is 1. The number of benzene rings is 1. The molecule has 2 heteroatoms. The first kappa shape index (κ1) is 28.2. The summed E-state index contributed by atoms with van der Waals surface area (Å²) in [6, 6.07) is 8.85. The Balaban J connectivity index is 0.00000178. The summed E-state index contributed by atoms with van der Waals surface area (Å²) in [4.78, 5) is 9.14. The van der Waals surface area contributed by atoms with Gasteiger partial charge in [0.1, 0.15) is 0 Å². The Kier molecular flexibility index (Phi) is 22.9. The van der Waals surface area contributed by atoms with Crippen molar-refractivity contribution in [3.05, 3.63) is 35.4 Å². The fraction of sp³-hybridized carbons (Fsp3) is 0.741. The number of carbonyl (C=O) groups excluding carboxylic acids is 1. The van der Waals surface area contributed by atoms with Crippen molar-refractivity contribution in [2.24, 2.45) is 0 Å². The van der Waals surface area contributed by atoms with E-state index in [0.717, 1.165) is 5.62 Å². The second-order valence-electron chi connectivity index (χ2n) is 8.31. The highest BCUT2D eigenvalue weighted by Crippen LogP contribution is 2.15. The van der Waals surface area contributed by atoms with Crippen molar-refractivity contribution in [1.29, 1.82) is 0 Å². The topological polar surface area (TPSA) is 17.1 Å². The van der Waals surface area contributed by atoms with E-state index in [4.69, 9.17) is 4.79 Å². The molecule has 1 aromatic carbocycles. The maximum absolute atomic E-state index is 9.14. The van der Waals surface area contributed by atoms with E-state index in [2.05, 4.69) is 38.1 Å². The smallest absolute Gasteiger partial charge is 0.175 e. The molecule has 1 rings (SSSR count). The summed E-state index contributed by atoms with van der Waals surface area (Å²) in [6.45, 7) is 4.54. The molecule has 0 aromatic heterocycles. The zero-order chi connectivity index (χ0) is 21.4. The highest BCUT2D eigenvalue weighted by atomic mass is 32.2. The van der Waals surface area contributed by atoms with Gasteiger partial charge in [-0.15, -0.1) is 0 Å². The van der Waals surface area contributed by atoms with Crippen molar-refractivity contribution in [2.75, 3.05) is 6.26 Å². The first-order valence-electron chi connectivity index (χ1n) is 12.3. The molecular weight excluding hydrogens is 372 g/mol. The minimum Gasteiger partial charge on any atom is -0.291 e. The van der Waals surface area contributed by atoms with Gasteiger partial charge in [0.05, 0.1) is 0 Å². The highest BCUT2D eigenvalue weighted by molar-refractivity contribution is 8.11. The molecule has 0 atom stereocenters. The molecule has 0 aliphatic carbocycles. The average Bonchev–Trinajstić information content (AvgIpc) is 2.75. The molecule has 0 spiro atoms. The van der Waals surface area contributed by atoms with Gasteiger partial charge in [0.25, 0.3) is 0 Å². The standard InChI is InChI=1S/C25H44.C2H4OS/c1-3-4-5-6-7-8-9-10-11-12-13-14-15-16-17-18-22-25-23-20-19-21-24(25)2;1-4-2-3/h19-21,23H,3-18,22H2,1-2H3;2H,1H3. The van der Waals surface area contributed by atoms with Gasteiger partial charge in [0.2, 0.25) is 0 Å². The Bertz CT molecular complexity index is 458. The van der Waals surface area contributed by atoms with E-state index in [-0.39, 0.29) is 0 Å². The van der Waals surface area contributed by atoms with Crippen LogP contribution in [0.5, 0.6) is 0 Å². The van der Waals surface area contributed by atoms with E-state index in [1.807, 2.05) is 0 Å². The van der Waals surface area contributed by atoms with Gasteiger partial charge in [0.15, 0.2) is 5.62 Å². The summed E-state index contributed by atoms with van der Waals surface area (Å²) in [5, 5.41) is 0. The van der Waals surface area contributed by atoms with E-state index < -0.39 is 0 Å². The van der Waals surface area contributed by atoms with E-state index >= 15 is 0 Å². The molecule has 0 bridgehead atoms. The third-order valence-corrected chi connectivity index (χ3v) is 5.85. The van der Waals surface area contributed by atoms with E-state index in [9.17, 15) is 0 Å². The van der Waals surface area contributed by atoms with Crippen LogP contribution in [0, 0.1) is 6.92 Å². The number of rotatable bonds is 18. The van der Waals surface area contributed by atoms with Crippen molar-refractivity contribution in [2.45, 2.75) is 123 Å². The van der Waals surface area contributed by atoms with Gasteiger partial charge < -0.3 is 0 Å². The first-order chi connectivity index (χ1) is 14.3. The van der Waals surface area contributed by atoms with Crippen molar-refractivity contribution in [3.63, 3.8) is 0 Å². The Morgan fingerprint density at radius 1 is 0.690 bits per heavy atom. The second kappa shape index (κ2) is 23.5. The predicted molar refractivity (Wildman–Crippen MR) is 135 cm³/mol. The number of carbonyl (C=O) groups is 1. The summed E-state index contributed by atoms with van der Waals surface area (Å²) in [7, 11) is 0. The summed E-state index contributed by atoms with van der Waals surface area (Å²) in [6.07, 6.45) is 26.2. The number of hydrogen-bond acceptors (Lipinski definition) is 2. The van der Waals surface area contributed by atoms with E-state index in [1.54, 1.807) is 11.8 Å². The van der Waals surface area contributed by atoms with Crippen LogP contribution in [-0.2, 0) is 11.2 Å². The highest BCUT2D eigenvalue weighted by Gasteiger charge is 1.97. The van der Waals surface area contributed by atoms with Crippen molar-refractivity contribution in [3.8, 4) is 0 Å². The van der Waals surface area contributed by atoms with Crippen LogP contribution < -0.4 is 0 Å². The molecule has 0 radical (unpaired) electrons. The molecular formula is C27H48OS. The third kappa shape index (κ3) is 20.3. The summed E-state index contributed by atoms with van der Waals surface area (Å²) < 4.78 is 0. The lowest BCUT2D eigenvalue weighted by molar-refractivity contribution is 0.529. The van der Waals surface area contributed by atoms with Crippen molar-refractivity contribution >= 4 is 17.4 Å². The lowest BCUT2D eigenvalue weighted by atomic mass is 10.0. The van der Waals surface area contributed by atoms with Crippen molar-refractivity contribution < 1.29 is 4.79 Å². The maximum atomic E-state index is 9.14. The molecule has 1 nitrogen and oxygen atoms in total. The lowest BCUT2D eigenvalue weighted by Crippen LogP contribution is -1.89. The molecule has 0 saturated heterocycles. The van der Waals surface area contributed by atoms with Crippen LogP contribution in [0.3, 0.4) is 0 Å². The van der Waals surface area contributed by atoms with Crippen LogP contribution in [0.2, 0.25) is 0 Å². The molecule has 168 valence electrons. The number of aryl methyl sites for hydroxylation is 2. The maximum Gasteiger partial charge on any atom is 0.175 e. The molecule has 0 unspecified atom stereocenters. The number of unbranched alkanes of at least 4 members (excludes halogenated alkanes) is 15. The van der Waals surface area contributed by atoms with Crippen LogP contribution in [0.4, 0.5) is 0 Å². The van der Waals surface area contributed by atoms with Crippen LogP contribution in [0.1, 0.15) is 121 Å². The third-order valence-electron chi connectivity index (χ3n) is 5.66.